The zero-order valence-corrected chi connectivity index (χ0v) is 22.8. The summed E-state index contributed by atoms with van der Waals surface area (Å²) in [6.45, 7) is 5.58. The van der Waals surface area contributed by atoms with Crippen LogP contribution in [0.4, 0.5) is 4.39 Å². The first-order chi connectivity index (χ1) is 17.0. The molecule has 2 aliphatic rings. The van der Waals surface area contributed by atoms with E-state index in [1.165, 1.54) is 36.8 Å². The molecule has 0 bridgehead atoms. The zero-order valence-electron chi connectivity index (χ0n) is 22.0. The van der Waals surface area contributed by atoms with Crippen LogP contribution in [-0.4, -0.2) is 62.5 Å². The van der Waals surface area contributed by atoms with Gasteiger partial charge in [-0.05, 0) is 48.3 Å². The summed E-state index contributed by atoms with van der Waals surface area (Å²) < 4.78 is 29.4. The first-order valence-electron chi connectivity index (χ1n) is 13.3. The Kier molecular flexibility index (Phi) is 11.5. The topological polar surface area (TPSA) is 48.0 Å². The molecule has 2 aliphatic heterocycles. The fraction of sp³-hybridized carbons (Fsp3) is 0.750. The molecule has 3 rings (SSSR count). The van der Waals surface area contributed by atoms with Gasteiger partial charge in [0, 0.05) is 37.2 Å². The molecule has 7 heteroatoms. The number of hydrogen-bond donors (Lipinski definition) is 0. The molecule has 0 radical (unpaired) electrons. The molecule has 35 heavy (non-hydrogen) atoms. The predicted molar refractivity (Wildman–Crippen MR) is 141 cm³/mol. The standard InChI is InChI=1S/C28H44FNO4S/c1-20(2)28(31)34-25-18-24-23-17-27(33-4)26(32-3)16-21(23)11-13-30(24)19-22(25)10-8-6-5-7-9-14-35-15-12-29/h16-17,20,22,24-25H,5-15,18-19H2,1-4H3/t22-,24-,25-/m0/s1. The molecule has 0 amide bonds. The Labute approximate surface area is 215 Å². The van der Waals surface area contributed by atoms with Gasteiger partial charge in [0.25, 0.3) is 0 Å². The lowest BCUT2D eigenvalue weighted by molar-refractivity contribution is -0.161. The van der Waals surface area contributed by atoms with Gasteiger partial charge < -0.3 is 14.2 Å². The Morgan fingerprint density at radius 3 is 2.51 bits per heavy atom. The second-order valence-electron chi connectivity index (χ2n) is 10.2. The van der Waals surface area contributed by atoms with Crippen molar-refractivity contribution >= 4 is 17.7 Å². The first kappa shape index (κ1) is 28.1. The minimum absolute atomic E-state index is 0.0534. The van der Waals surface area contributed by atoms with Gasteiger partial charge in [0.2, 0.25) is 0 Å². The van der Waals surface area contributed by atoms with Crippen LogP contribution in [0.15, 0.2) is 12.1 Å². The quantitative estimate of drug-likeness (QED) is 0.219. The number of thioether (sulfide) groups is 1. The van der Waals surface area contributed by atoms with Crippen LogP contribution in [0.1, 0.15) is 76.0 Å². The average molecular weight is 510 g/mol. The van der Waals surface area contributed by atoms with Gasteiger partial charge in [-0.3, -0.25) is 14.1 Å². The van der Waals surface area contributed by atoms with E-state index < -0.39 is 0 Å². The lowest BCUT2D eigenvalue weighted by Gasteiger charge is -2.47. The molecular weight excluding hydrogens is 465 g/mol. The number of ether oxygens (including phenoxy) is 3. The minimum Gasteiger partial charge on any atom is -0.493 e. The fourth-order valence-electron chi connectivity index (χ4n) is 5.41. The maximum Gasteiger partial charge on any atom is 0.308 e. The van der Waals surface area contributed by atoms with Crippen molar-refractivity contribution < 1.29 is 23.4 Å². The number of halogens is 1. The Morgan fingerprint density at radius 2 is 1.80 bits per heavy atom. The van der Waals surface area contributed by atoms with Gasteiger partial charge in [-0.15, -0.1) is 0 Å². The molecule has 1 aromatic rings. The molecular formula is C28H44FNO4S. The average Bonchev–Trinajstić information content (AvgIpc) is 2.86. The molecule has 0 unspecified atom stereocenters. The van der Waals surface area contributed by atoms with Crippen molar-refractivity contribution in [3.63, 3.8) is 0 Å². The molecule has 3 atom stereocenters. The van der Waals surface area contributed by atoms with Crippen LogP contribution < -0.4 is 9.47 Å². The predicted octanol–water partition coefficient (Wildman–Crippen LogP) is 6.23. The Bertz CT molecular complexity index is 805. The van der Waals surface area contributed by atoms with E-state index in [0.717, 1.165) is 56.0 Å². The van der Waals surface area contributed by atoms with Gasteiger partial charge in [-0.2, -0.15) is 11.8 Å². The van der Waals surface area contributed by atoms with Crippen LogP contribution >= 0.6 is 11.8 Å². The van der Waals surface area contributed by atoms with Gasteiger partial charge >= 0.3 is 5.97 Å². The number of benzene rings is 1. The lowest BCUT2D eigenvalue weighted by atomic mass is 9.79. The number of rotatable bonds is 14. The van der Waals surface area contributed by atoms with E-state index in [9.17, 15) is 9.18 Å². The molecule has 0 aliphatic carbocycles. The third-order valence-corrected chi connectivity index (χ3v) is 8.41. The number of esters is 1. The molecule has 1 fully saturated rings. The number of methoxy groups -OCH3 is 2. The molecule has 1 aromatic carbocycles. The smallest absolute Gasteiger partial charge is 0.308 e. The second-order valence-corrected chi connectivity index (χ2v) is 11.4. The number of hydrogen-bond acceptors (Lipinski definition) is 6. The third kappa shape index (κ3) is 7.75. The van der Waals surface area contributed by atoms with Crippen molar-refractivity contribution in [1.29, 1.82) is 0 Å². The monoisotopic (exact) mass is 509 g/mol. The molecule has 5 nitrogen and oxygen atoms in total. The SMILES string of the molecule is COc1cc2c(cc1OC)[C@@H]1C[C@H](OC(=O)C(C)C)[C@@H](CCCCCCCSCCF)CN1CC2. The van der Waals surface area contributed by atoms with E-state index in [1.807, 2.05) is 13.8 Å². The van der Waals surface area contributed by atoms with E-state index in [-0.39, 0.29) is 30.7 Å². The van der Waals surface area contributed by atoms with Crippen molar-refractivity contribution in [3.8, 4) is 11.5 Å². The van der Waals surface area contributed by atoms with Crippen LogP contribution in [0.3, 0.4) is 0 Å². The number of alkyl halides is 1. The van der Waals surface area contributed by atoms with Gasteiger partial charge in [0.05, 0.1) is 26.8 Å². The maximum absolute atomic E-state index is 12.6. The summed E-state index contributed by atoms with van der Waals surface area (Å²) in [5, 5.41) is 0. The number of carbonyl (C=O) groups excluding carboxylic acids is 1. The molecule has 2 heterocycles. The number of unbranched alkanes of at least 4 members (excludes halogenated alkanes) is 4. The summed E-state index contributed by atoms with van der Waals surface area (Å²) in [6.07, 6.45) is 8.85. The largest absolute Gasteiger partial charge is 0.493 e. The third-order valence-electron chi connectivity index (χ3n) is 7.39. The van der Waals surface area contributed by atoms with E-state index in [2.05, 4.69) is 17.0 Å². The number of carbonyl (C=O) groups is 1. The van der Waals surface area contributed by atoms with Gasteiger partial charge in [0.15, 0.2) is 11.5 Å². The molecule has 0 spiro atoms. The molecule has 1 saturated heterocycles. The van der Waals surface area contributed by atoms with E-state index in [4.69, 9.17) is 14.2 Å². The summed E-state index contributed by atoms with van der Waals surface area (Å²) in [7, 11) is 3.36. The van der Waals surface area contributed by atoms with Crippen molar-refractivity contribution in [2.75, 3.05) is 45.5 Å². The van der Waals surface area contributed by atoms with Crippen molar-refractivity contribution in [3.05, 3.63) is 23.3 Å². The highest BCUT2D eigenvalue weighted by molar-refractivity contribution is 7.99. The molecule has 198 valence electrons. The normalized spacial score (nSPS) is 21.9. The zero-order chi connectivity index (χ0) is 25.2. The minimum atomic E-state index is -0.222. The Hall–Kier alpha value is -1.47. The van der Waals surface area contributed by atoms with Gasteiger partial charge in [-0.1, -0.05) is 39.5 Å². The fourth-order valence-corrected chi connectivity index (χ4v) is 6.13. The van der Waals surface area contributed by atoms with Crippen LogP contribution in [-0.2, 0) is 16.0 Å². The van der Waals surface area contributed by atoms with Gasteiger partial charge in [0.1, 0.15) is 6.10 Å². The summed E-state index contributed by atoms with van der Waals surface area (Å²) in [6, 6.07) is 4.48. The highest BCUT2D eigenvalue weighted by Gasteiger charge is 2.41. The van der Waals surface area contributed by atoms with Crippen molar-refractivity contribution in [2.24, 2.45) is 11.8 Å². The van der Waals surface area contributed by atoms with E-state index in [0.29, 0.717) is 11.7 Å². The Balaban J connectivity index is 1.62. The molecule has 0 aromatic heterocycles. The number of nitrogens with zero attached hydrogens (tertiary/aromatic N) is 1. The summed E-state index contributed by atoms with van der Waals surface area (Å²) in [5.41, 5.74) is 2.59. The van der Waals surface area contributed by atoms with E-state index in [1.54, 1.807) is 26.0 Å². The number of piperidine rings is 1. The molecule has 0 N–H and O–H groups in total. The van der Waals surface area contributed by atoms with Crippen LogP contribution in [0.25, 0.3) is 0 Å². The molecule has 0 saturated carbocycles. The van der Waals surface area contributed by atoms with Crippen LogP contribution in [0.2, 0.25) is 0 Å². The highest BCUT2D eigenvalue weighted by atomic mass is 32.2. The van der Waals surface area contributed by atoms with Crippen LogP contribution in [0.5, 0.6) is 11.5 Å². The van der Waals surface area contributed by atoms with Crippen molar-refractivity contribution in [1.82, 2.24) is 4.90 Å². The summed E-state index contributed by atoms with van der Waals surface area (Å²) in [5.74, 6) is 3.38. The lowest BCUT2D eigenvalue weighted by Crippen LogP contribution is -2.49. The van der Waals surface area contributed by atoms with Crippen molar-refractivity contribution in [2.45, 2.75) is 77.4 Å². The number of fused-ring (bicyclic) bond motifs is 3. The maximum atomic E-state index is 12.6. The first-order valence-corrected chi connectivity index (χ1v) is 14.5. The van der Waals surface area contributed by atoms with Crippen LogP contribution in [0, 0.1) is 11.8 Å². The van der Waals surface area contributed by atoms with Gasteiger partial charge in [-0.25, -0.2) is 0 Å². The highest BCUT2D eigenvalue weighted by Crippen LogP contribution is 2.44. The van der Waals surface area contributed by atoms with E-state index >= 15 is 0 Å². The second kappa shape index (κ2) is 14.3. The summed E-state index contributed by atoms with van der Waals surface area (Å²) in [4.78, 5) is 15.2. The Morgan fingerprint density at radius 1 is 1.09 bits per heavy atom. The summed E-state index contributed by atoms with van der Waals surface area (Å²) >= 11 is 1.71.